The van der Waals surface area contributed by atoms with E-state index in [0.29, 0.717) is 24.4 Å². The maximum Gasteiger partial charge on any atom is 0.229 e. The van der Waals surface area contributed by atoms with Crippen molar-refractivity contribution in [1.29, 1.82) is 0 Å². The minimum Gasteiger partial charge on any atom is -0.339 e. The van der Waals surface area contributed by atoms with Crippen LogP contribution in [0.15, 0.2) is 28.8 Å². The zero-order valence-electron chi connectivity index (χ0n) is 11.8. The molecule has 1 aromatic carbocycles. The average Bonchev–Trinajstić information content (AvgIpc) is 3.41. The van der Waals surface area contributed by atoms with Crippen LogP contribution >= 0.6 is 11.6 Å². The first-order valence-electron chi connectivity index (χ1n) is 7.61. The van der Waals surface area contributed by atoms with Crippen LogP contribution in [0.3, 0.4) is 0 Å². The van der Waals surface area contributed by atoms with Crippen molar-refractivity contribution in [3.63, 3.8) is 0 Å². The fourth-order valence-corrected chi connectivity index (χ4v) is 2.82. The molecule has 21 heavy (non-hydrogen) atoms. The Morgan fingerprint density at radius 2 is 1.95 bits per heavy atom. The monoisotopic (exact) mass is 303 g/mol. The van der Waals surface area contributed by atoms with Crippen molar-refractivity contribution in [1.82, 2.24) is 15.5 Å². The van der Waals surface area contributed by atoms with E-state index >= 15 is 0 Å². The predicted molar refractivity (Wildman–Crippen MR) is 80.0 cm³/mol. The molecular formula is C16H18ClN3O. The lowest BCUT2D eigenvalue weighted by molar-refractivity contribution is 0.369. The molecule has 4 nitrogen and oxygen atoms in total. The van der Waals surface area contributed by atoms with Crippen LogP contribution in [-0.4, -0.2) is 10.1 Å². The van der Waals surface area contributed by atoms with Crippen LogP contribution in [0.4, 0.5) is 0 Å². The molecule has 1 N–H and O–H groups in total. The van der Waals surface area contributed by atoms with E-state index < -0.39 is 0 Å². The molecule has 0 aliphatic heterocycles. The molecule has 1 atom stereocenters. The van der Waals surface area contributed by atoms with Crippen LogP contribution < -0.4 is 5.32 Å². The van der Waals surface area contributed by atoms with Gasteiger partial charge in [0.1, 0.15) is 0 Å². The SMILES string of the molecule is Clc1ccc([C@H](NCc2noc(C3CC3)n2)C2CC2)cc1. The third-order valence-corrected chi connectivity index (χ3v) is 4.46. The van der Waals surface area contributed by atoms with Crippen molar-refractivity contribution in [3.8, 4) is 0 Å². The largest absolute Gasteiger partial charge is 0.339 e. The Labute approximate surface area is 128 Å². The lowest BCUT2D eigenvalue weighted by atomic mass is 10.0. The second kappa shape index (κ2) is 5.43. The van der Waals surface area contributed by atoms with Crippen molar-refractivity contribution in [2.24, 2.45) is 5.92 Å². The van der Waals surface area contributed by atoms with Gasteiger partial charge in [0.25, 0.3) is 0 Å². The third kappa shape index (κ3) is 3.11. The lowest BCUT2D eigenvalue weighted by Crippen LogP contribution is -2.23. The van der Waals surface area contributed by atoms with Crippen molar-refractivity contribution < 1.29 is 4.52 Å². The number of nitrogens with one attached hydrogen (secondary N) is 1. The van der Waals surface area contributed by atoms with Crippen molar-refractivity contribution in [2.75, 3.05) is 0 Å². The molecule has 110 valence electrons. The first kappa shape index (κ1) is 13.3. The minimum absolute atomic E-state index is 0.352. The van der Waals surface area contributed by atoms with Crippen LogP contribution in [0.2, 0.25) is 5.02 Å². The fraction of sp³-hybridized carbons (Fsp3) is 0.500. The highest BCUT2D eigenvalue weighted by Crippen LogP contribution is 2.41. The first-order valence-corrected chi connectivity index (χ1v) is 7.99. The highest BCUT2D eigenvalue weighted by Gasteiger charge is 2.33. The van der Waals surface area contributed by atoms with Gasteiger partial charge in [-0.1, -0.05) is 28.9 Å². The van der Waals surface area contributed by atoms with E-state index in [0.717, 1.165) is 16.7 Å². The Morgan fingerprint density at radius 1 is 1.19 bits per heavy atom. The summed E-state index contributed by atoms with van der Waals surface area (Å²) in [6.45, 7) is 0.653. The van der Waals surface area contributed by atoms with Crippen molar-refractivity contribution in [3.05, 3.63) is 46.6 Å². The Hall–Kier alpha value is -1.39. The summed E-state index contributed by atoms with van der Waals surface area (Å²) in [6.07, 6.45) is 4.93. The molecule has 0 unspecified atom stereocenters. The van der Waals surface area contributed by atoms with Crippen LogP contribution in [0.5, 0.6) is 0 Å². The van der Waals surface area contributed by atoms with Gasteiger partial charge < -0.3 is 9.84 Å². The Kier molecular flexibility index (Phi) is 3.43. The second-order valence-electron chi connectivity index (χ2n) is 6.07. The molecule has 2 fully saturated rings. The summed E-state index contributed by atoms with van der Waals surface area (Å²) in [6, 6.07) is 8.46. The number of hydrogen-bond acceptors (Lipinski definition) is 4. The number of rotatable bonds is 6. The molecule has 0 amide bonds. The molecule has 5 heteroatoms. The van der Waals surface area contributed by atoms with E-state index in [1.165, 1.54) is 31.2 Å². The Balaban J connectivity index is 1.43. The van der Waals surface area contributed by atoms with Crippen LogP contribution in [-0.2, 0) is 6.54 Å². The topological polar surface area (TPSA) is 51.0 Å². The van der Waals surface area contributed by atoms with Gasteiger partial charge in [-0.3, -0.25) is 0 Å². The zero-order chi connectivity index (χ0) is 14.2. The molecule has 2 aromatic rings. The maximum atomic E-state index is 5.97. The molecule has 0 spiro atoms. The molecule has 4 rings (SSSR count). The second-order valence-corrected chi connectivity index (χ2v) is 6.51. The van der Waals surface area contributed by atoms with E-state index in [4.69, 9.17) is 16.1 Å². The van der Waals surface area contributed by atoms with Crippen LogP contribution in [0.1, 0.15) is 54.9 Å². The summed E-state index contributed by atoms with van der Waals surface area (Å²) in [5.41, 5.74) is 1.29. The zero-order valence-corrected chi connectivity index (χ0v) is 12.5. The summed E-state index contributed by atoms with van der Waals surface area (Å²) in [5, 5.41) is 8.42. The van der Waals surface area contributed by atoms with Gasteiger partial charge in [0, 0.05) is 17.0 Å². The summed E-state index contributed by atoms with van der Waals surface area (Å²) in [7, 11) is 0. The van der Waals surface area contributed by atoms with Crippen LogP contribution in [0.25, 0.3) is 0 Å². The summed E-state index contributed by atoms with van der Waals surface area (Å²) in [4.78, 5) is 4.47. The highest BCUT2D eigenvalue weighted by molar-refractivity contribution is 6.30. The predicted octanol–water partition coefficient (Wildman–Crippen LogP) is 3.84. The van der Waals surface area contributed by atoms with Gasteiger partial charge in [0.15, 0.2) is 5.82 Å². The molecule has 2 aliphatic carbocycles. The summed E-state index contributed by atoms with van der Waals surface area (Å²) < 4.78 is 5.30. The number of halogens is 1. The Morgan fingerprint density at radius 3 is 2.62 bits per heavy atom. The fourth-order valence-electron chi connectivity index (χ4n) is 2.69. The van der Waals surface area contributed by atoms with E-state index in [1.54, 1.807) is 0 Å². The van der Waals surface area contributed by atoms with E-state index in [1.807, 2.05) is 12.1 Å². The molecule has 2 aliphatic rings. The van der Waals surface area contributed by atoms with Gasteiger partial charge in [-0.2, -0.15) is 4.98 Å². The van der Waals surface area contributed by atoms with Crippen molar-refractivity contribution >= 4 is 11.6 Å². The van der Waals surface area contributed by atoms with E-state index in [2.05, 4.69) is 27.6 Å². The normalized spacial score (nSPS) is 19.7. The number of nitrogens with zero attached hydrogens (tertiary/aromatic N) is 2. The van der Waals surface area contributed by atoms with Gasteiger partial charge in [0.2, 0.25) is 5.89 Å². The third-order valence-electron chi connectivity index (χ3n) is 4.21. The summed E-state index contributed by atoms with van der Waals surface area (Å²) in [5.74, 6) is 2.79. The maximum absolute atomic E-state index is 5.97. The smallest absolute Gasteiger partial charge is 0.229 e. The molecule has 1 heterocycles. The highest BCUT2D eigenvalue weighted by atomic mass is 35.5. The standard InChI is InChI=1S/C16H18ClN3O/c17-13-7-5-11(6-8-13)15(10-1-2-10)18-9-14-19-16(21-20-14)12-3-4-12/h5-8,10,12,15,18H,1-4,9H2/t15-/m1/s1. The summed E-state index contributed by atoms with van der Waals surface area (Å²) >= 11 is 5.97. The van der Waals surface area contributed by atoms with E-state index in [-0.39, 0.29) is 0 Å². The van der Waals surface area contributed by atoms with Crippen molar-refractivity contribution in [2.45, 2.75) is 44.2 Å². The van der Waals surface area contributed by atoms with Gasteiger partial charge in [-0.15, -0.1) is 0 Å². The molecule has 0 saturated heterocycles. The minimum atomic E-state index is 0.352. The van der Waals surface area contributed by atoms with E-state index in [9.17, 15) is 0 Å². The van der Waals surface area contributed by atoms with Gasteiger partial charge >= 0.3 is 0 Å². The lowest BCUT2D eigenvalue weighted by Gasteiger charge is -2.17. The first-order chi connectivity index (χ1) is 10.3. The quantitative estimate of drug-likeness (QED) is 0.881. The molecule has 1 aromatic heterocycles. The number of hydrogen-bond donors (Lipinski definition) is 1. The number of benzene rings is 1. The van der Waals surface area contributed by atoms with Gasteiger partial charge in [-0.05, 0) is 49.3 Å². The molecule has 0 radical (unpaired) electrons. The molecule has 2 saturated carbocycles. The Bertz CT molecular complexity index is 617. The van der Waals surface area contributed by atoms with Gasteiger partial charge in [0.05, 0.1) is 6.54 Å². The number of aromatic nitrogens is 2. The van der Waals surface area contributed by atoms with Crippen LogP contribution in [0, 0.1) is 5.92 Å². The van der Waals surface area contributed by atoms with Gasteiger partial charge in [-0.25, -0.2) is 0 Å². The molecule has 0 bridgehead atoms. The average molecular weight is 304 g/mol. The molecular weight excluding hydrogens is 286 g/mol.